The van der Waals surface area contributed by atoms with Crippen LogP contribution in [0.15, 0.2) is 11.8 Å². The van der Waals surface area contributed by atoms with Crippen LogP contribution in [0.2, 0.25) is 0 Å². The Hall–Kier alpha value is -1.36. The number of nitrogens with one attached hydrogen (secondary N) is 2. The highest BCUT2D eigenvalue weighted by atomic mass is 16.3. The van der Waals surface area contributed by atoms with Crippen molar-refractivity contribution in [2.75, 3.05) is 6.54 Å². The van der Waals surface area contributed by atoms with E-state index >= 15 is 0 Å². The molecule has 1 heterocycles. The van der Waals surface area contributed by atoms with Crippen molar-refractivity contribution in [2.45, 2.75) is 71.4 Å². The van der Waals surface area contributed by atoms with Crippen LogP contribution in [0.3, 0.4) is 0 Å². The zero-order valence-corrected chi connectivity index (χ0v) is 14.0. The average molecular weight is 307 g/mol. The summed E-state index contributed by atoms with van der Waals surface area (Å²) in [5.74, 6) is -0.0278. The Labute approximate surface area is 133 Å². The minimum Gasteiger partial charge on any atom is -0.512 e. The van der Waals surface area contributed by atoms with Gasteiger partial charge in [0.2, 0.25) is 5.91 Å². The highest BCUT2D eigenvalue weighted by Gasteiger charge is 2.36. The normalized spacial score (nSPS) is 24.7. The molecule has 3 N–H and O–H groups in total. The molecule has 5 heteroatoms. The van der Waals surface area contributed by atoms with E-state index in [4.69, 9.17) is 5.41 Å². The van der Waals surface area contributed by atoms with E-state index in [9.17, 15) is 9.90 Å². The Morgan fingerprint density at radius 3 is 2.45 bits per heavy atom. The Balaban J connectivity index is 1.95. The number of hydrogen-bond donors (Lipinski definition) is 3. The van der Waals surface area contributed by atoms with Crippen molar-refractivity contribution in [3.63, 3.8) is 0 Å². The van der Waals surface area contributed by atoms with Gasteiger partial charge in [0.15, 0.2) is 0 Å². The summed E-state index contributed by atoms with van der Waals surface area (Å²) in [5, 5.41) is 20.4. The van der Waals surface area contributed by atoms with Gasteiger partial charge in [0.05, 0.1) is 6.04 Å². The van der Waals surface area contributed by atoms with Crippen molar-refractivity contribution in [3.05, 3.63) is 11.8 Å². The van der Waals surface area contributed by atoms with E-state index < -0.39 is 5.41 Å². The molecule has 124 valence electrons. The largest absolute Gasteiger partial charge is 0.512 e. The molecule has 1 saturated carbocycles. The molecular weight excluding hydrogens is 278 g/mol. The minimum absolute atomic E-state index is 0.0318. The van der Waals surface area contributed by atoms with E-state index in [1.165, 1.54) is 31.8 Å². The summed E-state index contributed by atoms with van der Waals surface area (Å²) in [6, 6.07) is 0.416. The van der Waals surface area contributed by atoms with Gasteiger partial charge < -0.3 is 10.4 Å². The first-order valence-electron chi connectivity index (χ1n) is 8.35. The Morgan fingerprint density at radius 2 is 1.86 bits per heavy atom. The van der Waals surface area contributed by atoms with Gasteiger partial charge in [-0.3, -0.25) is 15.1 Å². The van der Waals surface area contributed by atoms with E-state index in [1.807, 2.05) is 20.8 Å². The third-order valence-electron chi connectivity index (χ3n) is 4.70. The zero-order valence-electron chi connectivity index (χ0n) is 14.0. The fourth-order valence-electron chi connectivity index (χ4n) is 3.35. The molecule has 1 aliphatic carbocycles. The van der Waals surface area contributed by atoms with Crippen LogP contribution in [-0.4, -0.2) is 40.4 Å². The average Bonchev–Trinajstić information content (AvgIpc) is 3.08. The van der Waals surface area contributed by atoms with Gasteiger partial charge in [-0.25, -0.2) is 0 Å². The molecule has 0 radical (unpaired) electrons. The molecular formula is C17H29N3O2. The molecule has 0 bridgehead atoms. The first-order valence-corrected chi connectivity index (χ1v) is 8.35. The summed E-state index contributed by atoms with van der Waals surface area (Å²) in [5.41, 5.74) is -0.416. The summed E-state index contributed by atoms with van der Waals surface area (Å²) >= 11 is 0. The maximum absolute atomic E-state index is 12.4. The zero-order chi connectivity index (χ0) is 16.3. The molecule has 2 fully saturated rings. The van der Waals surface area contributed by atoms with Crippen molar-refractivity contribution >= 4 is 11.7 Å². The van der Waals surface area contributed by atoms with E-state index in [1.54, 1.807) is 0 Å². The lowest BCUT2D eigenvalue weighted by atomic mass is 9.93. The van der Waals surface area contributed by atoms with E-state index in [2.05, 4.69) is 10.2 Å². The lowest BCUT2D eigenvalue weighted by Crippen LogP contribution is -2.48. The second-order valence-corrected chi connectivity index (χ2v) is 7.52. The molecule has 2 aliphatic rings. The summed E-state index contributed by atoms with van der Waals surface area (Å²) in [4.78, 5) is 14.8. The summed E-state index contributed by atoms with van der Waals surface area (Å²) in [7, 11) is 0. The summed E-state index contributed by atoms with van der Waals surface area (Å²) in [6.45, 7) is 6.59. The number of carbonyl (C=O) groups is 1. The third kappa shape index (κ3) is 4.09. The first kappa shape index (κ1) is 17.0. The number of hydrogen-bond acceptors (Lipinski definition) is 4. The lowest BCUT2D eigenvalue weighted by molar-refractivity contribution is -0.124. The van der Waals surface area contributed by atoms with Gasteiger partial charge in [0.1, 0.15) is 11.6 Å². The van der Waals surface area contributed by atoms with Crippen molar-refractivity contribution in [1.82, 2.24) is 10.2 Å². The molecule has 0 aromatic heterocycles. The van der Waals surface area contributed by atoms with Crippen molar-refractivity contribution in [2.24, 2.45) is 5.41 Å². The summed E-state index contributed by atoms with van der Waals surface area (Å²) < 4.78 is 0. The second-order valence-electron chi connectivity index (χ2n) is 7.52. The molecule has 0 aromatic rings. The number of nitrogens with zero attached hydrogens (tertiary/aromatic N) is 1. The molecule has 0 unspecified atom stereocenters. The van der Waals surface area contributed by atoms with E-state index in [-0.39, 0.29) is 23.5 Å². The van der Waals surface area contributed by atoms with Gasteiger partial charge in [-0.05, 0) is 32.2 Å². The molecule has 0 aromatic carbocycles. The number of aliphatic hydroxyl groups is 1. The number of rotatable bonds is 3. The molecule has 1 amide bonds. The molecule has 0 spiro atoms. The van der Waals surface area contributed by atoms with Gasteiger partial charge in [-0.2, -0.15) is 0 Å². The lowest BCUT2D eigenvalue weighted by Gasteiger charge is -2.29. The minimum atomic E-state index is -0.416. The standard InChI is InChI=1S/C17H29N3O2/c1-17(2,3)14(21)11-15(18)19-16(22)13-9-6-10-20(13)12-7-4-5-8-12/h11-13,21H,4-10H2,1-3H3,(H2,18,19,22)/b14-11-/t13-/m0/s1. The van der Waals surface area contributed by atoms with Crippen LogP contribution in [0.25, 0.3) is 0 Å². The number of amidine groups is 1. The first-order chi connectivity index (χ1) is 10.3. The maximum atomic E-state index is 12.4. The number of carbonyl (C=O) groups excluding carboxylic acids is 1. The quantitative estimate of drug-likeness (QED) is 0.426. The van der Waals surface area contributed by atoms with Crippen LogP contribution < -0.4 is 5.32 Å². The van der Waals surface area contributed by atoms with Gasteiger partial charge in [-0.15, -0.1) is 0 Å². The smallest absolute Gasteiger partial charge is 0.242 e. The molecule has 22 heavy (non-hydrogen) atoms. The monoisotopic (exact) mass is 307 g/mol. The topological polar surface area (TPSA) is 76.4 Å². The van der Waals surface area contributed by atoms with Crippen LogP contribution in [0.5, 0.6) is 0 Å². The van der Waals surface area contributed by atoms with Crippen LogP contribution in [0, 0.1) is 10.8 Å². The molecule has 1 saturated heterocycles. The van der Waals surface area contributed by atoms with Crippen LogP contribution in [0.4, 0.5) is 0 Å². The van der Waals surface area contributed by atoms with E-state index in [0.29, 0.717) is 6.04 Å². The molecule has 2 rings (SSSR count). The summed E-state index contributed by atoms with van der Waals surface area (Å²) in [6.07, 6.45) is 8.14. The predicted molar refractivity (Wildman–Crippen MR) is 88.0 cm³/mol. The number of allylic oxidation sites excluding steroid dienone is 1. The van der Waals surface area contributed by atoms with Crippen LogP contribution >= 0.6 is 0 Å². The maximum Gasteiger partial charge on any atom is 0.242 e. The Bertz CT molecular complexity index is 459. The third-order valence-corrected chi connectivity index (χ3v) is 4.70. The van der Waals surface area contributed by atoms with Gasteiger partial charge in [0, 0.05) is 17.5 Å². The number of likely N-dealkylation sites (tertiary alicyclic amines) is 1. The predicted octanol–water partition coefficient (Wildman–Crippen LogP) is 2.97. The molecule has 1 aliphatic heterocycles. The van der Waals surface area contributed by atoms with Crippen molar-refractivity contribution in [1.29, 1.82) is 5.41 Å². The van der Waals surface area contributed by atoms with Gasteiger partial charge in [-0.1, -0.05) is 33.6 Å². The number of amides is 1. The second kappa shape index (κ2) is 6.82. The Kier molecular flexibility index (Phi) is 5.27. The van der Waals surface area contributed by atoms with Gasteiger partial charge in [0.25, 0.3) is 0 Å². The van der Waals surface area contributed by atoms with Crippen molar-refractivity contribution in [3.8, 4) is 0 Å². The van der Waals surface area contributed by atoms with Gasteiger partial charge >= 0.3 is 0 Å². The SMILES string of the molecule is CC(C)(C)/C(O)=C/C(=N)NC(=O)[C@@H]1CCCN1C1CCCC1. The van der Waals surface area contributed by atoms with Crippen molar-refractivity contribution < 1.29 is 9.90 Å². The molecule has 1 atom stereocenters. The van der Waals surface area contributed by atoms with Crippen LogP contribution in [-0.2, 0) is 4.79 Å². The highest BCUT2D eigenvalue weighted by molar-refractivity contribution is 6.04. The fourth-order valence-corrected chi connectivity index (χ4v) is 3.35. The highest BCUT2D eigenvalue weighted by Crippen LogP contribution is 2.30. The van der Waals surface area contributed by atoms with Crippen LogP contribution in [0.1, 0.15) is 59.3 Å². The number of aliphatic hydroxyl groups excluding tert-OH is 1. The van der Waals surface area contributed by atoms with E-state index in [0.717, 1.165) is 19.4 Å². The fraction of sp³-hybridized carbons (Fsp3) is 0.765. The molecule has 5 nitrogen and oxygen atoms in total. The Morgan fingerprint density at radius 1 is 1.23 bits per heavy atom.